The third-order valence-corrected chi connectivity index (χ3v) is 13.6. The van der Waals surface area contributed by atoms with Gasteiger partial charge in [-0.05, 0) is 123 Å². The Kier molecular flexibility index (Phi) is 8.18. The molecule has 0 bridgehead atoms. The lowest BCUT2D eigenvalue weighted by molar-refractivity contribution is 0.660. The molecule has 1 aliphatic rings. The van der Waals surface area contributed by atoms with Crippen LogP contribution in [-0.2, 0) is 5.41 Å². The van der Waals surface area contributed by atoms with Crippen LogP contribution < -0.4 is 4.90 Å². The van der Waals surface area contributed by atoms with Crippen LogP contribution in [0.25, 0.3) is 83.6 Å². The number of hydrogen-bond donors (Lipinski definition) is 0. The van der Waals surface area contributed by atoms with E-state index in [1.54, 1.807) is 0 Å². The van der Waals surface area contributed by atoms with Gasteiger partial charge in [0.1, 0.15) is 5.52 Å². The number of aromatic nitrogens is 4. The standard InChI is InChI=1S/C60H43N5/c1-60(2)52-24-14-12-22-49(52)50-36-30-43(38-53(50)60)42-28-33-47(34-29-42)62(46-31-26-41(27-32-46)40-16-6-3-7-17-40)48-35-37-56-54(39-48)61-59-64(45-20-10-5-11-21-45)57-51-23-13-15-25-55(51)63(58(57)65(56)59)44-18-8-4-9-19-44/h3-39H,1-2H3. The van der Waals surface area contributed by atoms with Crippen molar-refractivity contribution in [3.8, 4) is 44.8 Å². The summed E-state index contributed by atoms with van der Waals surface area (Å²) in [7, 11) is 0. The first kappa shape index (κ1) is 37.2. The summed E-state index contributed by atoms with van der Waals surface area (Å²) in [4.78, 5) is 7.88. The van der Waals surface area contributed by atoms with Crippen molar-refractivity contribution in [1.29, 1.82) is 0 Å². The Bertz CT molecular complexity index is 3760. The van der Waals surface area contributed by atoms with Crippen molar-refractivity contribution in [3.63, 3.8) is 0 Å². The predicted octanol–water partition coefficient (Wildman–Crippen LogP) is 15.5. The fourth-order valence-electron chi connectivity index (χ4n) is 10.5. The molecule has 0 atom stereocenters. The molecule has 5 nitrogen and oxygen atoms in total. The van der Waals surface area contributed by atoms with E-state index in [0.717, 1.165) is 61.9 Å². The molecule has 0 aliphatic heterocycles. The van der Waals surface area contributed by atoms with E-state index < -0.39 is 0 Å². The van der Waals surface area contributed by atoms with Crippen molar-refractivity contribution in [2.75, 3.05) is 4.90 Å². The van der Waals surface area contributed by atoms with Crippen LogP contribution in [-0.4, -0.2) is 18.5 Å². The molecule has 0 saturated heterocycles. The number of rotatable bonds is 7. The maximum absolute atomic E-state index is 5.52. The van der Waals surface area contributed by atoms with Gasteiger partial charge in [0.15, 0.2) is 5.65 Å². The maximum atomic E-state index is 5.52. The minimum atomic E-state index is -0.0611. The second kappa shape index (κ2) is 14.3. The summed E-state index contributed by atoms with van der Waals surface area (Å²) in [5.74, 6) is 0.868. The van der Waals surface area contributed by atoms with E-state index in [1.165, 1.54) is 49.9 Å². The molecule has 0 unspecified atom stereocenters. The van der Waals surface area contributed by atoms with Gasteiger partial charge in [-0.15, -0.1) is 0 Å². The maximum Gasteiger partial charge on any atom is 0.221 e. The SMILES string of the molecule is CC1(C)c2ccccc2-c2ccc(-c3ccc(N(c4ccc(-c5ccccc5)cc4)c4ccc5c(c4)nc4n(-c6ccccc6)c6c7ccccc7n(-c7ccccc7)c6n54)cc3)cc21. The van der Waals surface area contributed by atoms with Crippen LogP contribution in [0, 0.1) is 0 Å². The molecule has 1 aliphatic carbocycles. The summed E-state index contributed by atoms with van der Waals surface area (Å²) in [6, 6.07) is 81.1. The number of para-hydroxylation sites is 3. The normalized spacial score (nSPS) is 12.9. The van der Waals surface area contributed by atoms with Crippen LogP contribution in [0.5, 0.6) is 0 Å². The third-order valence-electron chi connectivity index (χ3n) is 13.6. The molecule has 308 valence electrons. The van der Waals surface area contributed by atoms with Gasteiger partial charge < -0.3 is 4.90 Å². The quantitative estimate of drug-likeness (QED) is 0.160. The molecule has 65 heavy (non-hydrogen) atoms. The summed E-state index contributed by atoms with van der Waals surface area (Å²) >= 11 is 0. The van der Waals surface area contributed by atoms with Crippen LogP contribution in [0.4, 0.5) is 17.1 Å². The zero-order valence-electron chi connectivity index (χ0n) is 36.1. The smallest absolute Gasteiger partial charge is 0.221 e. The molecular formula is C60H43N5. The molecule has 3 aromatic heterocycles. The Morgan fingerprint density at radius 1 is 0.415 bits per heavy atom. The van der Waals surface area contributed by atoms with E-state index in [9.17, 15) is 0 Å². The lowest BCUT2D eigenvalue weighted by atomic mass is 9.81. The summed E-state index contributed by atoms with van der Waals surface area (Å²) < 4.78 is 7.06. The van der Waals surface area contributed by atoms with Gasteiger partial charge in [0.2, 0.25) is 5.78 Å². The van der Waals surface area contributed by atoms with Gasteiger partial charge in [-0.1, -0.05) is 159 Å². The number of benzene rings is 9. The van der Waals surface area contributed by atoms with Crippen LogP contribution in [0.1, 0.15) is 25.0 Å². The van der Waals surface area contributed by atoms with E-state index in [4.69, 9.17) is 4.98 Å². The van der Waals surface area contributed by atoms with Gasteiger partial charge in [-0.25, -0.2) is 4.98 Å². The van der Waals surface area contributed by atoms with Gasteiger partial charge >= 0.3 is 0 Å². The minimum Gasteiger partial charge on any atom is -0.310 e. The van der Waals surface area contributed by atoms with Crippen molar-refractivity contribution in [2.45, 2.75) is 19.3 Å². The fourth-order valence-corrected chi connectivity index (χ4v) is 10.5. The van der Waals surface area contributed by atoms with Gasteiger partial charge in [0.05, 0.1) is 16.6 Å². The molecule has 3 heterocycles. The number of imidazole rings is 2. The molecule has 12 aromatic rings. The number of anilines is 3. The highest BCUT2D eigenvalue weighted by atomic mass is 15.3. The predicted molar refractivity (Wildman–Crippen MR) is 269 cm³/mol. The number of nitrogens with zero attached hydrogens (tertiary/aromatic N) is 5. The van der Waals surface area contributed by atoms with Crippen molar-refractivity contribution in [2.24, 2.45) is 0 Å². The molecule has 0 amide bonds. The largest absolute Gasteiger partial charge is 0.310 e. The first-order chi connectivity index (χ1) is 32.0. The van der Waals surface area contributed by atoms with Gasteiger partial charge in [-0.2, -0.15) is 0 Å². The Hall–Kier alpha value is -8.41. The van der Waals surface area contributed by atoms with E-state index >= 15 is 0 Å². The number of fused-ring (bicyclic) bond motifs is 10. The van der Waals surface area contributed by atoms with Crippen molar-refractivity contribution in [1.82, 2.24) is 18.5 Å². The molecule has 0 radical (unpaired) electrons. The molecule has 5 heteroatoms. The van der Waals surface area contributed by atoms with Crippen LogP contribution in [0.15, 0.2) is 224 Å². The monoisotopic (exact) mass is 833 g/mol. The van der Waals surface area contributed by atoms with Crippen LogP contribution >= 0.6 is 0 Å². The summed E-state index contributed by atoms with van der Waals surface area (Å²) in [6.45, 7) is 4.69. The highest BCUT2D eigenvalue weighted by Gasteiger charge is 2.35. The van der Waals surface area contributed by atoms with E-state index in [1.807, 2.05) is 0 Å². The molecule has 13 rings (SSSR count). The fraction of sp³-hybridized carbons (Fsp3) is 0.0500. The van der Waals surface area contributed by atoms with E-state index in [-0.39, 0.29) is 5.41 Å². The van der Waals surface area contributed by atoms with E-state index in [0.29, 0.717) is 0 Å². The first-order valence-electron chi connectivity index (χ1n) is 22.4. The van der Waals surface area contributed by atoms with Gasteiger partial charge in [0, 0.05) is 39.2 Å². The number of hydrogen-bond acceptors (Lipinski definition) is 2. The second-order valence-electron chi connectivity index (χ2n) is 17.7. The van der Waals surface area contributed by atoms with Crippen molar-refractivity contribution < 1.29 is 0 Å². The Labute approximate surface area is 377 Å². The molecular weight excluding hydrogens is 791 g/mol. The summed E-state index contributed by atoms with van der Waals surface area (Å²) in [5.41, 5.74) is 20.8. The Morgan fingerprint density at radius 2 is 0.954 bits per heavy atom. The molecule has 9 aromatic carbocycles. The second-order valence-corrected chi connectivity index (χ2v) is 17.7. The van der Waals surface area contributed by atoms with E-state index in [2.05, 4.69) is 257 Å². The van der Waals surface area contributed by atoms with Crippen LogP contribution in [0.3, 0.4) is 0 Å². The Balaban J connectivity index is 0.982. The molecule has 0 spiro atoms. The highest BCUT2D eigenvalue weighted by Crippen LogP contribution is 2.50. The summed E-state index contributed by atoms with van der Waals surface area (Å²) in [6.07, 6.45) is 0. The van der Waals surface area contributed by atoms with Gasteiger partial charge in [-0.3, -0.25) is 13.5 Å². The first-order valence-corrected chi connectivity index (χ1v) is 22.4. The lowest BCUT2D eigenvalue weighted by Crippen LogP contribution is -2.14. The zero-order valence-corrected chi connectivity index (χ0v) is 36.1. The van der Waals surface area contributed by atoms with Crippen molar-refractivity contribution >= 4 is 55.9 Å². The molecule has 0 N–H and O–H groups in total. The lowest BCUT2D eigenvalue weighted by Gasteiger charge is -2.26. The third kappa shape index (κ3) is 5.68. The van der Waals surface area contributed by atoms with Crippen molar-refractivity contribution in [3.05, 3.63) is 236 Å². The molecule has 0 saturated carbocycles. The Morgan fingerprint density at radius 3 is 1.66 bits per heavy atom. The minimum absolute atomic E-state index is 0.0611. The zero-order chi connectivity index (χ0) is 43.2. The summed E-state index contributed by atoms with van der Waals surface area (Å²) in [5, 5.41) is 1.17. The average molecular weight is 834 g/mol. The van der Waals surface area contributed by atoms with Gasteiger partial charge in [0.25, 0.3) is 0 Å². The highest BCUT2D eigenvalue weighted by molar-refractivity contribution is 6.10. The average Bonchev–Trinajstić information content (AvgIpc) is 4.06. The van der Waals surface area contributed by atoms with Crippen LogP contribution in [0.2, 0.25) is 0 Å². The molecule has 0 fully saturated rings. The topological polar surface area (TPSA) is 30.4 Å².